The fourth-order valence-corrected chi connectivity index (χ4v) is 4.31. The van der Waals surface area contributed by atoms with Crippen LogP contribution in [0.25, 0.3) is 0 Å². The highest BCUT2D eigenvalue weighted by Gasteiger charge is 2.42. The van der Waals surface area contributed by atoms with Gasteiger partial charge in [-0.1, -0.05) is 39.0 Å². The minimum Gasteiger partial charge on any atom is -0.335 e. The van der Waals surface area contributed by atoms with Gasteiger partial charge < -0.3 is 10.2 Å². The molecule has 2 amide bonds. The van der Waals surface area contributed by atoms with Crippen LogP contribution in [0.5, 0.6) is 0 Å². The quantitative estimate of drug-likeness (QED) is 0.777. The third-order valence-corrected chi connectivity index (χ3v) is 6.25. The number of alkyl halides is 1. The van der Waals surface area contributed by atoms with E-state index in [1.165, 1.54) is 4.90 Å². The van der Waals surface area contributed by atoms with Crippen LogP contribution in [-0.2, 0) is 15.0 Å². The van der Waals surface area contributed by atoms with Crippen LogP contribution in [0.4, 0.5) is 10.1 Å². The monoisotopic (exact) mass is 438 g/mol. The molecule has 2 atom stereocenters. The highest BCUT2D eigenvalue weighted by Crippen LogP contribution is 2.33. The Kier molecular flexibility index (Phi) is 6.29. The number of rotatable bonds is 5. The highest BCUT2D eigenvalue weighted by molar-refractivity contribution is 6.04. The fourth-order valence-electron chi connectivity index (χ4n) is 4.31. The number of amides is 2. The number of carbonyl (C=O) groups excluding carboxylic acids is 2. The number of hydrogen-bond donors (Lipinski definition) is 1. The molecule has 0 radical (unpaired) electrons. The van der Waals surface area contributed by atoms with Gasteiger partial charge in [0.2, 0.25) is 5.91 Å². The number of aromatic nitrogens is 1. The van der Waals surface area contributed by atoms with Crippen LogP contribution in [0.15, 0.2) is 48.8 Å². The molecule has 3 heterocycles. The first kappa shape index (κ1) is 22.4. The summed E-state index contributed by atoms with van der Waals surface area (Å²) in [6.45, 7) is 7.28. The van der Waals surface area contributed by atoms with Crippen molar-refractivity contribution in [1.82, 2.24) is 15.2 Å². The summed E-state index contributed by atoms with van der Waals surface area (Å²) in [5.74, 6) is -0.427. The lowest BCUT2D eigenvalue weighted by molar-refractivity contribution is -0.141. The van der Waals surface area contributed by atoms with Gasteiger partial charge >= 0.3 is 0 Å². The number of likely N-dealkylation sites (tertiary alicyclic amines) is 1. The maximum absolute atomic E-state index is 13.7. The van der Waals surface area contributed by atoms with Crippen LogP contribution in [0, 0.1) is 0 Å². The zero-order valence-electron chi connectivity index (χ0n) is 18.9. The van der Waals surface area contributed by atoms with Crippen molar-refractivity contribution in [2.24, 2.45) is 0 Å². The van der Waals surface area contributed by atoms with E-state index in [1.807, 2.05) is 24.3 Å². The molecule has 1 aromatic carbocycles. The first-order valence-electron chi connectivity index (χ1n) is 11.3. The predicted octanol–water partition coefficient (Wildman–Crippen LogP) is 3.39. The summed E-state index contributed by atoms with van der Waals surface area (Å²) < 4.78 is 13.6. The average Bonchev–Trinajstić information content (AvgIpc) is 3.29. The van der Waals surface area contributed by atoms with Gasteiger partial charge in [0.1, 0.15) is 12.2 Å². The van der Waals surface area contributed by atoms with Crippen LogP contribution in [-0.4, -0.2) is 53.5 Å². The molecule has 2 unspecified atom stereocenters. The number of nitrogens with zero attached hydrogens (tertiary/aromatic N) is 3. The Morgan fingerprint density at radius 1 is 1.19 bits per heavy atom. The molecular formula is C25H31FN4O2. The smallest absolute Gasteiger partial charge is 0.250 e. The Balaban J connectivity index is 1.77. The van der Waals surface area contributed by atoms with E-state index in [0.29, 0.717) is 11.3 Å². The lowest BCUT2D eigenvalue weighted by Gasteiger charge is -2.41. The summed E-state index contributed by atoms with van der Waals surface area (Å²) in [5.41, 5.74) is 2.37. The Morgan fingerprint density at radius 3 is 2.44 bits per heavy atom. The van der Waals surface area contributed by atoms with E-state index in [4.69, 9.17) is 0 Å². The van der Waals surface area contributed by atoms with Crippen molar-refractivity contribution in [3.05, 3.63) is 59.9 Å². The Labute approximate surface area is 188 Å². The second-order valence-electron chi connectivity index (χ2n) is 9.68. The largest absolute Gasteiger partial charge is 0.335 e. The molecule has 0 saturated carbocycles. The summed E-state index contributed by atoms with van der Waals surface area (Å²) in [6, 6.07) is 10.1. The molecule has 0 bridgehead atoms. The number of nitrogens with one attached hydrogen (secondary N) is 1. The van der Waals surface area contributed by atoms with Crippen molar-refractivity contribution < 1.29 is 14.0 Å². The first-order chi connectivity index (χ1) is 15.3. The van der Waals surface area contributed by atoms with Gasteiger partial charge in [-0.2, -0.15) is 0 Å². The molecular weight excluding hydrogens is 407 g/mol. The lowest BCUT2D eigenvalue weighted by atomic mass is 9.87. The lowest BCUT2D eigenvalue weighted by Crippen LogP contribution is -2.57. The fraction of sp³-hybridized carbons (Fsp3) is 0.480. The molecule has 2 aromatic rings. The van der Waals surface area contributed by atoms with Crippen molar-refractivity contribution in [2.45, 2.75) is 57.3 Å². The Morgan fingerprint density at radius 2 is 1.91 bits per heavy atom. The van der Waals surface area contributed by atoms with Gasteiger partial charge in [-0.25, -0.2) is 4.39 Å². The van der Waals surface area contributed by atoms with E-state index in [1.54, 1.807) is 29.4 Å². The van der Waals surface area contributed by atoms with Gasteiger partial charge in [0.25, 0.3) is 5.91 Å². The molecule has 4 rings (SSSR count). The van der Waals surface area contributed by atoms with Gasteiger partial charge in [0.05, 0.1) is 19.1 Å². The highest BCUT2D eigenvalue weighted by atomic mass is 19.1. The van der Waals surface area contributed by atoms with Gasteiger partial charge in [0, 0.05) is 23.6 Å². The van der Waals surface area contributed by atoms with E-state index < -0.39 is 12.2 Å². The maximum Gasteiger partial charge on any atom is 0.250 e. The molecule has 1 aromatic heterocycles. The number of halogens is 1. The van der Waals surface area contributed by atoms with E-state index in [-0.39, 0.29) is 36.4 Å². The van der Waals surface area contributed by atoms with Crippen molar-refractivity contribution in [1.29, 1.82) is 0 Å². The molecule has 32 heavy (non-hydrogen) atoms. The summed E-state index contributed by atoms with van der Waals surface area (Å²) in [6.07, 6.45) is 3.87. The third-order valence-electron chi connectivity index (χ3n) is 6.25. The van der Waals surface area contributed by atoms with Crippen LogP contribution < -0.4 is 10.2 Å². The van der Waals surface area contributed by atoms with Crippen LogP contribution in [0.2, 0.25) is 0 Å². The Hall–Kier alpha value is -2.80. The Bertz CT molecular complexity index is 946. The minimum absolute atomic E-state index is 0.0350. The normalized spacial score (nSPS) is 20.0. The standard InChI is InChI=1S/C25H31FN4O2/c1-25(2,3)18-8-10-20(11-9-18)30(23(31)21-7-5-13-28-21)22(17-6-4-12-27-14-17)24(32)29-15-19(26)16-29/h4,6,8-12,14,19,21-22,28H,5,7,13,15-16H2,1-3H3. The van der Waals surface area contributed by atoms with Gasteiger partial charge in [-0.15, -0.1) is 0 Å². The molecule has 2 aliphatic rings. The zero-order chi connectivity index (χ0) is 22.9. The van der Waals surface area contributed by atoms with Crippen LogP contribution in [0.1, 0.15) is 50.8 Å². The molecule has 2 aliphatic heterocycles. The summed E-state index contributed by atoms with van der Waals surface area (Å²) in [7, 11) is 0. The third kappa shape index (κ3) is 4.53. The number of pyridine rings is 1. The second-order valence-corrected chi connectivity index (χ2v) is 9.68. The van der Waals surface area contributed by atoms with Gasteiger partial charge in [-0.3, -0.25) is 19.5 Å². The van der Waals surface area contributed by atoms with E-state index >= 15 is 0 Å². The summed E-state index contributed by atoms with van der Waals surface area (Å²) in [4.78, 5) is 34.5. The molecule has 1 N–H and O–H groups in total. The topological polar surface area (TPSA) is 65.5 Å². The van der Waals surface area contributed by atoms with Crippen molar-refractivity contribution in [2.75, 3.05) is 24.5 Å². The molecule has 2 fully saturated rings. The molecule has 7 heteroatoms. The van der Waals surface area contributed by atoms with Crippen LogP contribution >= 0.6 is 0 Å². The number of benzene rings is 1. The SMILES string of the molecule is CC(C)(C)c1ccc(N(C(=O)C2CCCN2)C(C(=O)N2CC(F)C2)c2cccnc2)cc1. The number of anilines is 1. The molecule has 0 spiro atoms. The summed E-state index contributed by atoms with van der Waals surface area (Å²) >= 11 is 0. The van der Waals surface area contributed by atoms with Gasteiger partial charge in [-0.05, 0) is 48.6 Å². The zero-order valence-corrected chi connectivity index (χ0v) is 18.9. The van der Waals surface area contributed by atoms with Crippen molar-refractivity contribution in [3.8, 4) is 0 Å². The van der Waals surface area contributed by atoms with E-state index in [2.05, 4.69) is 31.1 Å². The molecule has 6 nitrogen and oxygen atoms in total. The predicted molar refractivity (Wildman–Crippen MR) is 122 cm³/mol. The van der Waals surface area contributed by atoms with Crippen molar-refractivity contribution in [3.63, 3.8) is 0 Å². The second kappa shape index (κ2) is 8.98. The van der Waals surface area contributed by atoms with E-state index in [9.17, 15) is 14.0 Å². The maximum atomic E-state index is 13.7. The summed E-state index contributed by atoms with van der Waals surface area (Å²) in [5, 5.41) is 3.26. The molecule has 170 valence electrons. The first-order valence-corrected chi connectivity index (χ1v) is 11.3. The van der Waals surface area contributed by atoms with Gasteiger partial charge in [0.15, 0.2) is 0 Å². The van der Waals surface area contributed by atoms with Crippen molar-refractivity contribution >= 4 is 17.5 Å². The van der Waals surface area contributed by atoms with E-state index in [0.717, 1.165) is 24.9 Å². The average molecular weight is 439 g/mol. The number of hydrogen-bond acceptors (Lipinski definition) is 4. The molecule has 0 aliphatic carbocycles. The van der Waals surface area contributed by atoms with Crippen LogP contribution in [0.3, 0.4) is 0 Å². The molecule has 2 saturated heterocycles. The number of carbonyl (C=O) groups is 2. The minimum atomic E-state index is -1.01.